The number of alkyl halides is 3. The average Bonchev–Trinajstić information content (AvgIpc) is 1.25. The van der Waals surface area contributed by atoms with Crippen molar-refractivity contribution in [3.8, 4) is 0 Å². The average molecular weight is 190 g/mol. The van der Waals surface area contributed by atoms with Gasteiger partial charge in [0.25, 0.3) is 0 Å². The van der Waals surface area contributed by atoms with E-state index in [9.17, 15) is 13.2 Å². The molecule has 0 saturated carbocycles. The fraction of sp³-hybridized carbons (Fsp3) is 1.00. The maximum atomic E-state index is 9.67. The molecule has 0 aromatic carbocycles. The molecule has 0 aromatic rings. The smallest absolute Gasteiger partial charge is 0.750 e. The van der Waals surface area contributed by atoms with Gasteiger partial charge in [0.2, 0.25) is 0 Å². The van der Waals surface area contributed by atoms with E-state index in [0.717, 1.165) is 0 Å². The summed E-state index contributed by atoms with van der Waals surface area (Å²) in [5, 5.41) is 0. The van der Waals surface area contributed by atoms with E-state index in [1.165, 1.54) is 0 Å². The Morgan fingerprint density at radius 2 is 1.44 bits per heavy atom. The topological polar surface area (TPSA) is 60.4 Å². The van der Waals surface area contributed by atoms with Gasteiger partial charge < -0.3 is 9.11 Å². The molecule has 0 amide bonds. The van der Waals surface area contributed by atoms with Crippen LogP contribution < -0.4 is 51.4 Å². The summed E-state index contributed by atoms with van der Waals surface area (Å²) in [5.41, 5.74) is 0. The molecule has 0 spiro atoms. The van der Waals surface area contributed by atoms with E-state index in [1.54, 1.807) is 0 Å². The van der Waals surface area contributed by atoms with Gasteiger partial charge in [0.05, 0.1) is 11.4 Å². The molecule has 9 heavy (non-hydrogen) atoms. The van der Waals surface area contributed by atoms with Crippen LogP contribution in [-0.4, -0.2) is 20.0 Å². The molecule has 0 bridgehead atoms. The van der Waals surface area contributed by atoms with Crippen LogP contribution in [0.3, 0.4) is 0 Å². The molecule has 0 saturated heterocycles. The van der Waals surface area contributed by atoms with Gasteiger partial charge in [-0.15, -0.1) is 0 Å². The molecule has 0 aliphatic rings. The van der Waals surface area contributed by atoms with E-state index in [2.05, 4.69) is 0 Å². The Bertz CT molecular complexity index is 63.3. The van der Waals surface area contributed by atoms with E-state index in [4.69, 9.17) is 13.3 Å². The summed E-state index contributed by atoms with van der Waals surface area (Å²) in [6.45, 7) is -3.67. The van der Waals surface area contributed by atoms with Crippen LogP contribution in [0.1, 0.15) is 0 Å². The summed E-state index contributed by atoms with van der Waals surface area (Å²) in [7, 11) is 0. The third-order valence-electron chi connectivity index (χ3n) is 0. The van der Waals surface area contributed by atoms with Gasteiger partial charge in [-0.2, -0.15) is 13.2 Å². The fourth-order valence-corrected chi connectivity index (χ4v) is 0. The molecule has 0 radical (unpaired) electrons. The Labute approximate surface area is 94.5 Å². The van der Waals surface area contributed by atoms with Crippen molar-refractivity contribution in [3.05, 3.63) is 0 Å². The monoisotopic (exact) mass is 190 g/mol. The van der Waals surface area contributed by atoms with Crippen molar-refractivity contribution in [1.82, 2.24) is 0 Å². The fourth-order valence-electron chi connectivity index (χ4n) is 0. The van der Waals surface area contributed by atoms with E-state index in [1.807, 2.05) is 0 Å². The molecule has 1 atom stereocenters. The summed E-state index contributed by atoms with van der Waals surface area (Å²) in [6.07, 6.45) is 0. The van der Waals surface area contributed by atoms with Crippen molar-refractivity contribution in [2.24, 2.45) is 0 Å². The summed E-state index contributed by atoms with van der Waals surface area (Å²) in [6, 6.07) is 0. The molecular formula is CH2F3KO3S. The molecule has 3 nitrogen and oxygen atoms in total. The normalized spacial score (nSPS) is 10.9. The Hall–Kier alpha value is 1.50. The minimum absolute atomic E-state index is 0. The second-order valence-corrected chi connectivity index (χ2v) is 0.899. The van der Waals surface area contributed by atoms with Crippen LogP contribution in [-0.2, 0) is 11.4 Å². The summed E-state index contributed by atoms with van der Waals surface area (Å²) in [5.74, 6) is 0. The third kappa shape index (κ3) is 238. The molecule has 1 unspecified atom stereocenters. The quantitative estimate of drug-likeness (QED) is 0.340. The Morgan fingerprint density at radius 1 is 1.44 bits per heavy atom. The minimum Gasteiger partial charge on any atom is -0.750 e. The number of halogens is 3. The van der Waals surface area contributed by atoms with Crippen LogP contribution in [0.2, 0.25) is 0 Å². The molecule has 0 rings (SSSR count). The first kappa shape index (κ1) is 16.8. The molecule has 52 valence electrons. The van der Waals surface area contributed by atoms with Crippen LogP contribution in [0.4, 0.5) is 13.2 Å². The first-order valence-electron chi connectivity index (χ1n) is 1.17. The zero-order valence-corrected chi connectivity index (χ0v) is 8.32. The van der Waals surface area contributed by atoms with E-state index in [-0.39, 0.29) is 51.4 Å². The maximum Gasteiger partial charge on any atom is 1.00 e. The van der Waals surface area contributed by atoms with Crippen LogP contribution in [0, 0.1) is 0 Å². The molecule has 0 heterocycles. The van der Waals surface area contributed by atoms with Gasteiger partial charge in [-0.25, -0.2) is 4.21 Å². The van der Waals surface area contributed by atoms with Crippen molar-refractivity contribution >= 4 is 11.4 Å². The van der Waals surface area contributed by atoms with Gasteiger partial charge in [0.1, 0.15) is 0 Å². The number of rotatable bonds is 0. The Kier molecular flexibility index (Phi) is 22.8. The van der Waals surface area contributed by atoms with Crippen molar-refractivity contribution < 1.29 is 77.9 Å². The van der Waals surface area contributed by atoms with Crippen LogP contribution in [0.25, 0.3) is 0 Å². The van der Waals surface area contributed by atoms with Gasteiger partial charge >= 0.3 is 58.1 Å². The molecule has 0 fully saturated rings. The predicted molar refractivity (Wildman–Crippen MR) is 18.7 cm³/mol. The van der Waals surface area contributed by atoms with Gasteiger partial charge in [-0.05, 0) is 0 Å². The molecule has 0 aromatic heterocycles. The number of hydrogen-bond acceptors (Lipinski definition) is 2. The van der Waals surface area contributed by atoms with Crippen LogP contribution >= 0.6 is 0 Å². The van der Waals surface area contributed by atoms with Crippen LogP contribution in [0.15, 0.2) is 0 Å². The van der Waals surface area contributed by atoms with Gasteiger partial charge in [-0.3, -0.25) is 0 Å². The SMILES string of the molecule is FC(F)F.O=S([O-])O.[K+]. The zero-order valence-electron chi connectivity index (χ0n) is 4.38. The third-order valence-corrected chi connectivity index (χ3v) is 0. The second kappa shape index (κ2) is 12.2. The maximum absolute atomic E-state index is 9.67. The summed E-state index contributed by atoms with van der Waals surface area (Å²) in [4.78, 5) is 0. The first-order chi connectivity index (χ1) is 3.46. The van der Waals surface area contributed by atoms with Crippen molar-refractivity contribution in [3.63, 3.8) is 0 Å². The molecule has 8 heteroatoms. The Morgan fingerprint density at radius 3 is 1.44 bits per heavy atom. The minimum atomic E-state index is -3.67. The zero-order chi connectivity index (χ0) is 7.15. The van der Waals surface area contributed by atoms with E-state index in [0.29, 0.717) is 0 Å². The molecule has 0 aliphatic carbocycles. The molecule has 1 N–H and O–H groups in total. The second-order valence-electron chi connectivity index (χ2n) is 0.465. The molecular weight excluding hydrogens is 188 g/mol. The van der Waals surface area contributed by atoms with Crippen LogP contribution in [0.5, 0.6) is 0 Å². The van der Waals surface area contributed by atoms with Crippen molar-refractivity contribution in [2.75, 3.05) is 0 Å². The van der Waals surface area contributed by atoms with E-state index < -0.39 is 18.0 Å². The molecule has 0 aliphatic heterocycles. The standard InChI is InChI=1S/CHF3.K.H2O3S/c2-1(3)4;;1-4(2)3/h1H;;(H2,1,2,3)/q;+1;/p-1. The van der Waals surface area contributed by atoms with Crippen molar-refractivity contribution in [2.45, 2.75) is 6.68 Å². The predicted octanol–water partition coefficient (Wildman–Crippen LogP) is -2.48. The Balaban J connectivity index is -0.0000000720. The van der Waals surface area contributed by atoms with E-state index >= 15 is 0 Å². The summed E-state index contributed by atoms with van der Waals surface area (Å²) >= 11 is -2.86. The van der Waals surface area contributed by atoms with Gasteiger partial charge in [-0.1, -0.05) is 0 Å². The first-order valence-corrected chi connectivity index (χ1v) is 2.20. The largest absolute Gasteiger partial charge is 1.00 e. The van der Waals surface area contributed by atoms with Crippen molar-refractivity contribution in [1.29, 1.82) is 0 Å². The van der Waals surface area contributed by atoms with Gasteiger partial charge in [0, 0.05) is 0 Å². The summed E-state index contributed by atoms with van der Waals surface area (Å²) < 4.78 is 53.1. The van der Waals surface area contributed by atoms with Gasteiger partial charge in [0.15, 0.2) is 0 Å². The number of hydrogen-bond donors (Lipinski definition) is 1.